The predicted octanol–water partition coefficient (Wildman–Crippen LogP) is 4.19. The second-order valence-corrected chi connectivity index (χ2v) is 9.51. The summed E-state index contributed by atoms with van der Waals surface area (Å²) in [5.74, 6) is 0.0378. The number of amides is 1. The van der Waals surface area contributed by atoms with Crippen LogP contribution in [0.15, 0.2) is 42.5 Å². The first-order chi connectivity index (χ1) is 15.7. The Morgan fingerprint density at radius 3 is 2.59 bits per heavy atom. The quantitative estimate of drug-likeness (QED) is 0.785. The molecule has 3 aliphatic rings. The lowest BCUT2D eigenvalue weighted by molar-refractivity contribution is 0.0933. The number of benzene rings is 2. The van der Waals surface area contributed by atoms with Crippen molar-refractivity contribution in [3.63, 3.8) is 0 Å². The first-order valence-corrected chi connectivity index (χ1v) is 12.3. The van der Waals surface area contributed by atoms with Gasteiger partial charge < -0.3 is 19.9 Å². The molecule has 1 N–H and O–H groups in total. The van der Waals surface area contributed by atoms with E-state index in [2.05, 4.69) is 52.4 Å². The monoisotopic (exact) mass is 433 g/mol. The number of hydrogen-bond acceptors (Lipinski definition) is 4. The van der Waals surface area contributed by atoms with Crippen molar-refractivity contribution >= 4 is 17.3 Å². The van der Waals surface area contributed by atoms with Gasteiger partial charge in [-0.25, -0.2) is 0 Å². The summed E-state index contributed by atoms with van der Waals surface area (Å²) in [5, 5.41) is 3.33. The van der Waals surface area contributed by atoms with E-state index < -0.39 is 0 Å². The number of morpholine rings is 1. The number of carbonyl (C=O) groups excluding carboxylic acids is 1. The third-order valence-corrected chi connectivity index (χ3v) is 7.41. The minimum absolute atomic E-state index is 0.0378. The highest BCUT2D eigenvalue weighted by molar-refractivity contribution is 5.94. The maximum absolute atomic E-state index is 13.0. The Hall–Kier alpha value is -2.53. The van der Waals surface area contributed by atoms with Crippen LogP contribution in [0.1, 0.15) is 54.1 Å². The SMILES string of the molecule is C[C@@H]1CCCCN1c1cccc2c1C[C@H](NC(=O)c1ccc(N3CCOCC3)cc1)CC2. The van der Waals surface area contributed by atoms with Gasteiger partial charge in [0.2, 0.25) is 0 Å². The molecule has 2 aromatic rings. The number of anilines is 2. The number of piperidine rings is 1. The van der Waals surface area contributed by atoms with Gasteiger partial charge in [-0.3, -0.25) is 4.79 Å². The Morgan fingerprint density at radius 2 is 1.81 bits per heavy atom. The molecule has 0 unspecified atom stereocenters. The third kappa shape index (κ3) is 4.49. The minimum Gasteiger partial charge on any atom is -0.378 e. The molecular weight excluding hydrogens is 398 g/mol. The molecule has 0 bridgehead atoms. The second-order valence-electron chi connectivity index (χ2n) is 9.51. The van der Waals surface area contributed by atoms with Crippen LogP contribution in [0.5, 0.6) is 0 Å². The minimum atomic E-state index is 0.0378. The van der Waals surface area contributed by atoms with Gasteiger partial charge in [0.25, 0.3) is 5.91 Å². The summed E-state index contributed by atoms with van der Waals surface area (Å²) in [6.07, 6.45) is 6.83. The Morgan fingerprint density at radius 1 is 1.00 bits per heavy atom. The summed E-state index contributed by atoms with van der Waals surface area (Å²) >= 11 is 0. The number of carbonyl (C=O) groups is 1. The maximum Gasteiger partial charge on any atom is 0.251 e. The molecule has 5 rings (SSSR count). The highest BCUT2D eigenvalue weighted by atomic mass is 16.5. The molecule has 170 valence electrons. The molecule has 0 saturated carbocycles. The summed E-state index contributed by atoms with van der Waals surface area (Å²) in [5.41, 5.74) is 6.20. The van der Waals surface area contributed by atoms with Gasteiger partial charge in [-0.05, 0) is 86.9 Å². The van der Waals surface area contributed by atoms with Crippen LogP contribution in [-0.4, -0.2) is 50.8 Å². The van der Waals surface area contributed by atoms with Crippen LogP contribution in [-0.2, 0) is 17.6 Å². The highest BCUT2D eigenvalue weighted by Crippen LogP contribution is 2.34. The standard InChI is InChI=1S/C27H35N3O2/c1-20-5-2-3-14-30(20)26-7-4-6-21-8-11-23(19-25(21)26)28-27(31)22-9-12-24(13-10-22)29-15-17-32-18-16-29/h4,6-7,9-10,12-13,20,23H,2-3,5,8,11,14-19H2,1H3,(H,28,31)/t20-,23-/m1/s1. The Labute approximate surface area is 191 Å². The number of nitrogens with one attached hydrogen (secondary N) is 1. The normalized spacial score (nSPS) is 23.5. The molecule has 5 heteroatoms. The zero-order chi connectivity index (χ0) is 21.9. The van der Waals surface area contributed by atoms with Gasteiger partial charge in [0.05, 0.1) is 13.2 Å². The van der Waals surface area contributed by atoms with Crippen molar-refractivity contribution in [1.29, 1.82) is 0 Å². The van der Waals surface area contributed by atoms with Crippen LogP contribution < -0.4 is 15.1 Å². The predicted molar refractivity (Wildman–Crippen MR) is 130 cm³/mol. The molecule has 2 heterocycles. The molecule has 2 atom stereocenters. The number of aryl methyl sites for hydroxylation is 1. The van der Waals surface area contributed by atoms with Crippen molar-refractivity contribution in [1.82, 2.24) is 5.32 Å². The maximum atomic E-state index is 13.0. The largest absolute Gasteiger partial charge is 0.378 e. The van der Waals surface area contributed by atoms with Gasteiger partial charge in [-0.15, -0.1) is 0 Å². The van der Waals surface area contributed by atoms with Crippen LogP contribution in [0, 0.1) is 0 Å². The topological polar surface area (TPSA) is 44.8 Å². The summed E-state index contributed by atoms with van der Waals surface area (Å²) < 4.78 is 5.44. The molecule has 0 radical (unpaired) electrons. The lowest BCUT2D eigenvalue weighted by Crippen LogP contribution is -2.41. The van der Waals surface area contributed by atoms with Gasteiger partial charge in [0, 0.05) is 48.7 Å². The molecule has 2 saturated heterocycles. The molecule has 2 aliphatic heterocycles. The molecule has 32 heavy (non-hydrogen) atoms. The molecule has 5 nitrogen and oxygen atoms in total. The molecule has 0 aromatic heterocycles. The lowest BCUT2D eigenvalue weighted by Gasteiger charge is -2.38. The third-order valence-electron chi connectivity index (χ3n) is 7.41. The number of rotatable bonds is 4. The number of ether oxygens (including phenoxy) is 1. The van der Waals surface area contributed by atoms with Crippen molar-refractivity contribution in [2.45, 2.75) is 57.5 Å². The van der Waals surface area contributed by atoms with Crippen LogP contribution in [0.4, 0.5) is 11.4 Å². The number of hydrogen-bond donors (Lipinski definition) is 1. The fraction of sp³-hybridized carbons (Fsp3) is 0.519. The van der Waals surface area contributed by atoms with Gasteiger partial charge in [0.1, 0.15) is 0 Å². The van der Waals surface area contributed by atoms with E-state index in [0.29, 0.717) is 6.04 Å². The lowest BCUT2D eigenvalue weighted by atomic mass is 9.86. The summed E-state index contributed by atoms with van der Waals surface area (Å²) in [6, 6.07) is 15.6. The van der Waals surface area contributed by atoms with Gasteiger partial charge in [-0.1, -0.05) is 12.1 Å². The Balaban J connectivity index is 1.26. The first kappa shape index (κ1) is 21.3. The average Bonchev–Trinajstić information content (AvgIpc) is 2.85. The van der Waals surface area contributed by atoms with Crippen molar-refractivity contribution in [3.8, 4) is 0 Å². The molecule has 1 aliphatic carbocycles. The van der Waals surface area contributed by atoms with Crippen LogP contribution >= 0.6 is 0 Å². The second kappa shape index (κ2) is 9.53. The summed E-state index contributed by atoms with van der Waals surface area (Å²) in [6.45, 7) is 6.84. The molecule has 1 amide bonds. The number of nitrogens with zero attached hydrogens (tertiary/aromatic N) is 2. The van der Waals surface area contributed by atoms with E-state index in [1.165, 1.54) is 36.1 Å². The Bertz CT molecular complexity index is 936. The highest BCUT2D eigenvalue weighted by Gasteiger charge is 2.27. The van der Waals surface area contributed by atoms with E-state index in [1.807, 2.05) is 12.1 Å². The van der Waals surface area contributed by atoms with E-state index in [9.17, 15) is 4.79 Å². The fourth-order valence-electron chi connectivity index (χ4n) is 5.53. The zero-order valence-corrected chi connectivity index (χ0v) is 19.2. The van der Waals surface area contributed by atoms with Crippen molar-refractivity contribution in [2.24, 2.45) is 0 Å². The van der Waals surface area contributed by atoms with Gasteiger partial charge >= 0.3 is 0 Å². The fourth-order valence-corrected chi connectivity index (χ4v) is 5.53. The van der Waals surface area contributed by atoms with E-state index in [0.717, 1.165) is 63.4 Å². The van der Waals surface area contributed by atoms with Crippen molar-refractivity contribution in [3.05, 3.63) is 59.2 Å². The van der Waals surface area contributed by atoms with E-state index >= 15 is 0 Å². The van der Waals surface area contributed by atoms with Crippen LogP contribution in [0.3, 0.4) is 0 Å². The first-order valence-electron chi connectivity index (χ1n) is 12.3. The molecule has 2 fully saturated rings. The smallest absolute Gasteiger partial charge is 0.251 e. The van der Waals surface area contributed by atoms with Crippen LogP contribution in [0.2, 0.25) is 0 Å². The van der Waals surface area contributed by atoms with Crippen molar-refractivity contribution < 1.29 is 9.53 Å². The van der Waals surface area contributed by atoms with Crippen LogP contribution in [0.25, 0.3) is 0 Å². The van der Waals surface area contributed by atoms with E-state index in [-0.39, 0.29) is 11.9 Å². The molecular formula is C27H35N3O2. The van der Waals surface area contributed by atoms with E-state index in [4.69, 9.17) is 4.74 Å². The Kier molecular flexibility index (Phi) is 6.35. The van der Waals surface area contributed by atoms with Gasteiger partial charge in [-0.2, -0.15) is 0 Å². The summed E-state index contributed by atoms with van der Waals surface area (Å²) in [4.78, 5) is 17.9. The number of fused-ring (bicyclic) bond motifs is 1. The zero-order valence-electron chi connectivity index (χ0n) is 19.2. The van der Waals surface area contributed by atoms with Crippen molar-refractivity contribution in [2.75, 3.05) is 42.6 Å². The summed E-state index contributed by atoms with van der Waals surface area (Å²) in [7, 11) is 0. The molecule has 0 spiro atoms. The molecule has 2 aromatic carbocycles. The van der Waals surface area contributed by atoms with E-state index in [1.54, 1.807) is 0 Å². The average molecular weight is 434 g/mol. The van der Waals surface area contributed by atoms with Gasteiger partial charge in [0.15, 0.2) is 0 Å².